The van der Waals surface area contributed by atoms with E-state index in [1.807, 2.05) is 10.8 Å². The Balaban J connectivity index is 2.17. The average molecular weight is 196 g/mol. The molecule has 1 aromatic heterocycles. The summed E-state index contributed by atoms with van der Waals surface area (Å²) in [6.45, 7) is 3.25. The summed E-state index contributed by atoms with van der Waals surface area (Å²) >= 11 is 0. The molecule has 1 rings (SSSR count). The second-order valence-corrected chi connectivity index (χ2v) is 3.61. The Kier molecular flexibility index (Phi) is 5.30. The van der Waals surface area contributed by atoms with E-state index in [0.29, 0.717) is 0 Å². The van der Waals surface area contributed by atoms with Crippen molar-refractivity contribution >= 4 is 0 Å². The highest BCUT2D eigenvalue weighted by atomic mass is 16.3. The molecule has 0 fully saturated rings. The van der Waals surface area contributed by atoms with Crippen LogP contribution in [0.25, 0.3) is 0 Å². The number of rotatable bonds is 7. The molecule has 0 aliphatic rings. The fourth-order valence-electron chi connectivity index (χ4n) is 1.58. The lowest BCUT2D eigenvalue weighted by atomic mass is 10.1. The van der Waals surface area contributed by atoms with Gasteiger partial charge in [-0.25, -0.2) is 4.98 Å². The number of aryl methyl sites for hydroxylation is 1. The minimum Gasteiger partial charge on any atom is -0.388 e. The maximum absolute atomic E-state index is 8.96. The molecule has 0 saturated heterocycles. The van der Waals surface area contributed by atoms with Crippen LogP contribution in [-0.2, 0) is 13.2 Å². The van der Waals surface area contributed by atoms with Crippen LogP contribution in [0.15, 0.2) is 12.4 Å². The number of imidazole rings is 1. The first-order valence-electron chi connectivity index (χ1n) is 5.49. The number of nitrogens with zero attached hydrogens (tertiary/aromatic N) is 2. The van der Waals surface area contributed by atoms with E-state index in [1.165, 1.54) is 32.1 Å². The van der Waals surface area contributed by atoms with Crippen molar-refractivity contribution in [3.8, 4) is 0 Å². The average Bonchev–Trinajstić information content (AvgIpc) is 2.65. The molecule has 0 aromatic carbocycles. The first-order valence-corrected chi connectivity index (χ1v) is 5.49. The van der Waals surface area contributed by atoms with Crippen LogP contribution in [0.5, 0.6) is 0 Å². The molecular formula is C11H20N2O. The van der Waals surface area contributed by atoms with Crippen molar-refractivity contribution in [1.29, 1.82) is 0 Å². The van der Waals surface area contributed by atoms with Crippen LogP contribution < -0.4 is 0 Å². The van der Waals surface area contributed by atoms with Gasteiger partial charge in [-0.15, -0.1) is 0 Å². The molecule has 0 unspecified atom stereocenters. The van der Waals surface area contributed by atoms with E-state index in [1.54, 1.807) is 6.20 Å². The van der Waals surface area contributed by atoms with E-state index in [-0.39, 0.29) is 6.61 Å². The van der Waals surface area contributed by atoms with Gasteiger partial charge in [-0.1, -0.05) is 32.6 Å². The van der Waals surface area contributed by atoms with Gasteiger partial charge in [0.05, 0.1) is 0 Å². The highest BCUT2D eigenvalue weighted by molar-refractivity contribution is 4.89. The summed E-state index contributed by atoms with van der Waals surface area (Å²) < 4.78 is 2.03. The number of hydrogen-bond donors (Lipinski definition) is 1. The third kappa shape index (κ3) is 3.50. The molecule has 14 heavy (non-hydrogen) atoms. The Hall–Kier alpha value is -0.830. The van der Waals surface area contributed by atoms with Crippen molar-refractivity contribution in [3.63, 3.8) is 0 Å². The van der Waals surface area contributed by atoms with Crippen LogP contribution in [-0.4, -0.2) is 14.7 Å². The van der Waals surface area contributed by atoms with Crippen LogP contribution in [0.1, 0.15) is 44.9 Å². The fourth-order valence-corrected chi connectivity index (χ4v) is 1.58. The molecule has 0 aliphatic carbocycles. The van der Waals surface area contributed by atoms with E-state index in [4.69, 9.17) is 5.11 Å². The normalized spacial score (nSPS) is 10.7. The van der Waals surface area contributed by atoms with Gasteiger partial charge in [0.15, 0.2) is 0 Å². The Morgan fingerprint density at radius 1 is 1.29 bits per heavy atom. The van der Waals surface area contributed by atoms with Gasteiger partial charge < -0.3 is 9.67 Å². The van der Waals surface area contributed by atoms with Crippen molar-refractivity contribution in [1.82, 2.24) is 9.55 Å². The summed E-state index contributed by atoms with van der Waals surface area (Å²) in [4.78, 5) is 4.06. The monoisotopic (exact) mass is 196 g/mol. The molecule has 1 N–H and O–H groups in total. The molecular weight excluding hydrogens is 176 g/mol. The lowest BCUT2D eigenvalue weighted by molar-refractivity contribution is 0.264. The topological polar surface area (TPSA) is 38.0 Å². The first-order chi connectivity index (χ1) is 6.88. The van der Waals surface area contributed by atoms with Crippen LogP contribution in [0, 0.1) is 0 Å². The lowest BCUT2D eigenvalue weighted by Crippen LogP contribution is -2.02. The summed E-state index contributed by atoms with van der Waals surface area (Å²) in [5.74, 6) is 0.778. The molecule has 0 atom stereocenters. The molecule has 0 saturated carbocycles. The number of hydrogen-bond acceptors (Lipinski definition) is 2. The Morgan fingerprint density at radius 2 is 2.07 bits per heavy atom. The molecule has 0 radical (unpaired) electrons. The largest absolute Gasteiger partial charge is 0.388 e. The molecule has 0 amide bonds. The minimum atomic E-state index is 0.0436. The quantitative estimate of drug-likeness (QED) is 0.680. The smallest absolute Gasteiger partial charge is 0.134 e. The van der Waals surface area contributed by atoms with Crippen LogP contribution in [0.2, 0.25) is 0 Å². The van der Waals surface area contributed by atoms with Gasteiger partial charge in [-0.05, 0) is 6.42 Å². The molecule has 1 aromatic rings. The number of aliphatic hydroxyl groups is 1. The zero-order valence-corrected chi connectivity index (χ0v) is 8.95. The van der Waals surface area contributed by atoms with E-state index in [9.17, 15) is 0 Å². The fraction of sp³-hybridized carbons (Fsp3) is 0.727. The highest BCUT2D eigenvalue weighted by Gasteiger charge is 1.99. The third-order valence-electron chi connectivity index (χ3n) is 2.45. The second kappa shape index (κ2) is 6.60. The molecule has 3 heteroatoms. The summed E-state index contributed by atoms with van der Waals surface area (Å²) in [6, 6.07) is 0. The maximum atomic E-state index is 8.96. The number of aliphatic hydroxyl groups excluding tert-OH is 1. The van der Waals surface area contributed by atoms with Crippen molar-refractivity contribution < 1.29 is 5.11 Å². The van der Waals surface area contributed by atoms with Crippen molar-refractivity contribution in [2.75, 3.05) is 0 Å². The van der Waals surface area contributed by atoms with E-state index in [2.05, 4.69) is 11.9 Å². The first kappa shape index (κ1) is 11.2. The van der Waals surface area contributed by atoms with Gasteiger partial charge in [0.1, 0.15) is 12.4 Å². The van der Waals surface area contributed by atoms with Crippen molar-refractivity contribution in [3.05, 3.63) is 18.2 Å². The predicted octanol–water partition coefficient (Wildman–Crippen LogP) is 2.35. The van der Waals surface area contributed by atoms with Gasteiger partial charge in [0, 0.05) is 18.9 Å². The minimum absolute atomic E-state index is 0.0436. The van der Waals surface area contributed by atoms with Gasteiger partial charge in [0.2, 0.25) is 0 Å². The molecule has 0 bridgehead atoms. The van der Waals surface area contributed by atoms with Crippen molar-refractivity contribution in [2.24, 2.45) is 0 Å². The zero-order chi connectivity index (χ0) is 10.2. The summed E-state index contributed by atoms with van der Waals surface area (Å²) in [7, 11) is 0. The third-order valence-corrected chi connectivity index (χ3v) is 2.45. The molecule has 1 heterocycles. The second-order valence-electron chi connectivity index (χ2n) is 3.61. The number of unbranched alkanes of at least 4 members (excludes halogenated alkanes) is 4. The van der Waals surface area contributed by atoms with Crippen molar-refractivity contribution in [2.45, 2.75) is 52.2 Å². The summed E-state index contributed by atoms with van der Waals surface area (Å²) in [6.07, 6.45) is 10.1. The summed E-state index contributed by atoms with van der Waals surface area (Å²) in [5.41, 5.74) is 0. The van der Waals surface area contributed by atoms with Gasteiger partial charge >= 0.3 is 0 Å². The predicted molar refractivity (Wildman–Crippen MR) is 56.9 cm³/mol. The molecule has 3 nitrogen and oxygen atoms in total. The van der Waals surface area contributed by atoms with E-state index < -0.39 is 0 Å². The maximum Gasteiger partial charge on any atom is 0.134 e. The highest BCUT2D eigenvalue weighted by Crippen LogP contribution is 2.05. The van der Waals surface area contributed by atoms with Crippen LogP contribution in [0.3, 0.4) is 0 Å². The summed E-state index contributed by atoms with van der Waals surface area (Å²) in [5, 5.41) is 8.96. The Bertz CT molecular complexity index is 245. The van der Waals surface area contributed by atoms with E-state index in [0.717, 1.165) is 12.4 Å². The Labute approximate surface area is 85.8 Å². The molecule has 0 aliphatic heterocycles. The van der Waals surface area contributed by atoms with Gasteiger partial charge in [-0.3, -0.25) is 0 Å². The standard InChI is InChI=1S/C11H20N2O/c1-2-3-4-5-6-8-13-9-7-12-11(13)10-14/h7,9,14H,2-6,8,10H2,1H3. The van der Waals surface area contributed by atoms with Gasteiger partial charge in [0.25, 0.3) is 0 Å². The van der Waals surface area contributed by atoms with Crippen LogP contribution in [0.4, 0.5) is 0 Å². The Morgan fingerprint density at radius 3 is 2.79 bits per heavy atom. The lowest BCUT2D eigenvalue weighted by Gasteiger charge is -2.05. The van der Waals surface area contributed by atoms with Crippen LogP contribution >= 0.6 is 0 Å². The zero-order valence-electron chi connectivity index (χ0n) is 8.95. The molecule has 0 spiro atoms. The SMILES string of the molecule is CCCCCCCn1ccnc1CO. The van der Waals surface area contributed by atoms with E-state index >= 15 is 0 Å². The van der Waals surface area contributed by atoms with Gasteiger partial charge in [-0.2, -0.15) is 0 Å². The number of aromatic nitrogens is 2. The molecule has 80 valence electrons.